The minimum atomic E-state index is -0.131. The molecule has 1 saturated carbocycles. The van der Waals surface area contributed by atoms with Gasteiger partial charge in [0.2, 0.25) is 0 Å². The fourth-order valence-electron chi connectivity index (χ4n) is 4.52. The normalized spacial score (nSPS) is 13.8. The third-order valence-electron chi connectivity index (χ3n) is 6.70. The minimum Gasteiger partial charge on any atom is -0.381 e. The number of fused-ring (bicyclic) bond motifs is 1. The zero-order valence-corrected chi connectivity index (χ0v) is 19.5. The van der Waals surface area contributed by atoms with Crippen LogP contribution in [-0.4, -0.2) is 26.5 Å². The monoisotopic (exact) mass is 469 g/mol. The van der Waals surface area contributed by atoms with Gasteiger partial charge in [0.25, 0.3) is 0 Å². The maximum absolute atomic E-state index is 9.25. The first-order valence-electron chi connectivity index (χ1n) is 11.8. The Kier molecular flexibility index (Phi) is 5.27. The van der Waals surface area contributed by atoms with Crippen LogP contribution in [0.2, 0.25) is 0 Å². The van der Waals surface area contributed by atoms with Crippen molar-refractivity contribution in [1.29, 1.82) is 5.26 Å². The van der Waals surface area contributed by atoms with Crippen LogP contribution < -0.4 is 11.1 Å². The van der Waals surface area contributed by atoms with Crippen LogP contribution in [0.4, 0.5) is 11.6 Å². The Balaban J connectivity index is 1.39. The number of hydrogen-bond acceptors (Lipinski definition) is 7. The SMILES string of the molecule is N#Cc1cccc(C2(CNc3nc(-c4ccc5ncccc5c4)c(-c4ccccc4)nc3N)CC2)n1. The molecule has 3 heterocycles. The molecule has 0 atom stereocenters. The lowest BCUT2D eigenvalue weighted by atomic mass is 10.0. The van der Waals surface area contributed by atoms with Gasteiger partial charge < -0.3 is 11.1 Å². The van der Waals surface area contributed by atoms with Crippen molar-refractivity contribution in [3.63, 3.8) is 0 Å². The maximum Gasteiger partial charge on any atom is 0.169 e. The van der Waals surface area contributed by atoms with Gasteiger partial charge in [0.15, 0.2) is 11.6 Å². The fourth-order valence-corrected chi connectivity index (χ4v) is 4.52. The first-order valence-corrected chi connectivity index (χ1v) is 11.8. The van der Waals surface area contributed by atoms with Gasteiger partial charge in [-0.1, -0.05) is 48.5 Å². The van der Waals surface area contributed by atoms with Crippen molar-refractivity contribution < 1.29 is 0 Å². The molecule has 0 bridgehead atoms. The molecule has 0 radical (unpaired) electrons. The Morgan fingerprint density at radius 3 is 2.50 bits per heavy atom. The topological polar surface area (TPSA) is 113 Å². The summed E-state index contributed by atoms with van der Waals surface area (Å²) in [4.78, 5) is 18.8. The van der Waals surface area contributed by atoms with Crippen LogP contribution in [0.25, 0.3) is 33.4 Å². The lowest BCUT2D eigenvalue weighted by Gasteiger charge is -2.18. The second-order valence-electron chi connectivity index (χ2n) is 9.09. The van der Waals surface area contributed by atoms with E-state index in [1.165, 1.54) is 0 Å². The standard InChI is InChI=1S/C29H23N7/c30-17-22-9-4-10-24(34-22)29(13-14-29)18-33-28-27(31)35-25(19-6-2-1-3-7-19)26(36-28)21-11-12-23-20(16-21)8-5-15-32-23/h1-12,15-16H,13-14,18H2,(H2,31,35)(H,33,36). The molecule has 174 valence electrons. The molecule has 0 saturated heterocycles. The number of rotatable bonds is 6. The molecule has 1 aliphatic carbocycles. The van der Waals surface area contributed by atoms with Crippen LogP contribution in [0, 0.1) is 11.3 Å². The Morgan fingerprint density at radius 2 is 1.69 bits per heavy atom. The molecule has 7 nitrogen and oxygen atoms in total. The third kappa shape index (κ3) is 3.99. The summed E-state index contributed by atoms with van der Waals surface area (Å²) >= 11 is 0. The molecule has 5 aromatic rings. The largest absolute Gasteiger partial charge is 0.381 e. The summed E-state index contributed by atoms with van der Waals surface area (Å²) in [7, 11) is 0. The number of pyridine rings is 2. The molecule has 36 heavy (non-hydrogen) atoms. The van der Waals surface area contributed by atoms with Gasteiger partial charge in [0.1, 0.15) is 11.8 Å². The number of aromatic nitrogens is 4. The van der Waals surface area contributed by atoms with Crippen molar-refractivity contribution >= 4 is 22.5 Å². The highest BCUT2D eigenvalue weighted by Crippen LogP contribution is 2.47. The smallest absolute Gasteiger partial charge is 0.169 e. The zero-order chi connectivity index (χ0) is 24.5. The van der Waals surface area contributed by atoms with Gasteiger partial charge in [-0.15, -0.1) is 0 Å². The van der Waals surface area contributed by atoms with Gasteiger partial charge in [-0.2, -0.15) is 5.26 Å². The van der Waals surface area contributed by atoms with E-state index in [1.807, 2.05) is 66.7 Å². The van der Waals surface area contributed by atoms with Crippen LogP contribution in [-0.2, 0) is 5.41 Å². The third-order valence-corrected chi connectivity index (χ3v) is 6.70. The van der Waals surface area contributed by atoms with Gasteiger partial charge >= 0.3 is 0 Å². The van der Waals surface area contributed by atoms with Crippen molar-refractivity contribution in [2.45, 2.75) is 18.3 Å². The lowest BCUT2D eigenvalue weighted by molar-refractivity contribution is 0.700. The summed E-state index contributed by atoms with van der Waals surface area (Å²) in [6.45, 7) is 0.611. The van der Waals surface area contributed by atoms with Crippen LogP contribution in [0.3, 0.4) is 0 Å². The second-order valence-corrected chi connectivity index (χ2v) is 9.09. The number of benzene rings is 2. The van der Waals surface area contributed by atoms with Gasteiger partial charge in [-0.25, -0.2) is 15.0 Å². The molecule has 0 aliphatic heterocycles. The van der Waals surface area contributed by atoms with Crippen molar-refractivity contribution in [3.05, 3.63) is 96.4 Å². The maximum atomic E-state index is 9.25. The van der Waals surface area contributed by atoms with Crippen LogP contribution in [0.15, 0.2) is 85.1 Å². The molecule has 1 aliphatic rings. The van der Waals surface area contributed by atoms with E-state index in [0.717, 1.165) is 52.0 Å². The lowest BCUT2D eigenvalue weighted by Crippen LogP contribution is -2.22. The average molecular weight is 470 g/mol. The van der Waals surface area contributed by atoms with Crippen molar-refractivity contribution in [2.75, 3.05) is 17.6 Å². The first-order chi connectivity index (χ1) is 17.6. The van der Waals surface area contributed by atoms with E-state index < -0.39 is 0 Å². The van der Waals surface area contributed by atoms with E-state index in [1.54, 1.807) is 12.3 Å². The van der Waals surface area contributed by atoms with Crippen molar-refractivity contribution in [3.8, 4) is 28.6 Å². The van der Waals surface area contributed by atoms with Gasteiger partial charge in [0, 0.05) is 40.4 Å². The first kappa shape index (κ1) is 21.7. The molecule has 0 amide bonds. The van der Waals surface area contributed by atoms with E-state index in [2.05, 4.69) is 27.4 Å². The van der Waals surface area contributed by atoms with E-state index in [9.17, 15) is 5.26 Å². The quantitative estimate of drug-likeness (QED) is 0.344. The summed E-state index contributed by atoms with van der Waals surface area (Å²) < 4.78 is 0. The van der Waals surface area contributed by atoms with Crippen LogP contribution in [0.1, 0.15) is 24.2 Å². The zero-order valence-electron chi connectivity index (χ0n) is 19.5. The summed E-state index contributed by atoms with van der Waals surface area (Å²) in [5.74, 6) is 0.883. The molecule has 0 spiro atoms. The second kappa shape index (κ2) is 8.75. The highest BCUT2D eigenvalue weighted by molar-refractivity contribution is 5.88. The Morgan fingerprint density at radius 1 is 0.861 bits per heavy atom. The summed E-state index contributed by atoms with van der Waals surface area (Å²) in [6.07, 6.45) is 3.76. The molecule has 3 N–H and O–H groups in total. The highest BCUT2D eigenvalue weighted by atomic mass is 15.1. The molecular weight excluding hydrogens is 446 g/mol. The van der Waals surface area contributed by atoms with E-state index >= 15 is 0 Å². The predicted octanol–water partition coefficient (Wildman–Crippen LogP) is 5.35. The molecular formula is C29H23N7. The fraction of sp³-hybridized carbons (Fsp3) is 0.138. The number of nitrogens with two attached hydrogens (primary N) is 1. The molecule has 3 aromatic heterocycles. The van der Waals surface area contributed by atoms with E-state index in [4.69, 9.17) is 15.7 Å². The van der Waals surface area contributed by atoms with E-state index in [0.29, 0.717) is 23.9 Å². The van der Waals surface area contributed by atoms with Crippen molar-refractivity contribution in [2.24, 2.45) is 0 Å². The Bertz CT molecular complexity index is 1620. The predicted molar refractivity (Wildman–Crippen MR) is 141 cm³/mol. The Labute approximate surface area is 208 Å². The van der Waals surface area contributed by atoms with Crippen LogP contribution in [0.5, 0.6) is 0 Å². The number of hydrogen-bond donors (Lipinski definition) is 2. The molecule has 6 rings (SSSR count). The summed E-state index contributed by atoms with van der Waals surface area (Å²) in [6, 6.07) is 27.7. The van der Waals surface area contributed by atoms with Gasteiger partial charge in [-0.05, 0) is 43.2 Å². The molecule has 7 heteroatoms. The number of nitriles is 1. The number of nitrogen functional groups attached to an aromatic ring is 1. The molecule has 1 fully saturated rings. The van der Waals surface area contributed by atoms with E-state index in [-0.39, 0.29) is 5.41 Å². The van der Waals surface area contributed by atoms with Gasteiger partial charge in [0.05, 0.1) is 16.9 Å². The molecule has 0 unspecified atom stereocenters. The van der Waals surface area contributed by atoms with Crippen molar-refractivity contribution in [1.82, 2.24) is 19.9 Å². The number of nitrogens with one attached hydrogen (secondary N) is 1. The number of anilines is 2. The number of nitrogens with zero attached hydrogens (tertiary/aromatic N) is 5. The van der Waals surface area contributed by atoms with Gasteiger partial charge in [-0.3, -0.25) is 4.98 Å². The minimum absolute atomic E-state index is 0.131. The summed E-state index contributed by atoms with van der Waals surface area (Å²) in [5, 5.41) is 13.7. The highest BCUT2D eigenvalue weighted by Gasteiger charge is 2.45. The van der Waals surface area contributed by atoms with Crippen LogP contribution >= 0.6 is 0 Å². The average Bonchev–Trinajstić information content (AvgIpc) is 3.74. The summed E-state index contributed by atoms with van der Waals surface area (Å²) in [5.41, 5.74) is 11.9. The molecule has 2 aromatic carbocycles. The Hall–Kier alpha value is -4.83.